The Hall–Kier alpha value is -1.31. The van der Waals surface area contributed by atoms with Gasteiger partial charge in [0.15, 0.2) is 0 Å². The van der Waals surface area contributed by atoms with Crippen LogP contribution in [0.3, 0.4) is 0 Å². The summed E-state index contributed by atoms with van der Waals surface area (Å²) in [7, 11) is 1.45. The quantitative estimate of drug-likeness (QED) is 0.187. The van der Waals surface area contributed by atoms with E-state index >= 15 is 0 Å². The van der Waals surface area contributed by atoms with Crippen LogP contribution in [-0.4, -0.2) is 13.1 Å². The molecule has 0 aliphatic carbocycles. The summed E-state index contributed by atoms with van der Waals surface area (Å²) in [6.45, 7) is 2.03. The molecule has 2 nitrogen and oxygen atoms in total. The van der Waals surface area contributed by atoms with Crippen molar-refractivity contribution in [3.63, 3.8) is 0 Å². The molecule has 0 saturated heterocycles. The van der Waals surface area contributed by atoms with E-state index in [1.54, 1.807) is 0 Å². The molecule has 120 valence electrons. The van der Waals surface area contributed by atoms with Crippen molar-refractivity contribution in [3.05, 3.63) is 36.5 Å². The number of methoxy groups -OCH3 is 1. The van der Waals surface area contributed by atoms with Crippen molar-refractivity contribution in [2.45, 2.75) is 71.1 Å². The summed E-state index contributed by atoms with van der Waals surface area (Å²) >= 11 is 0. The van der Waals surface area contributed by atoms with Crippen LogP contribution in [0.15, 0.2) is 36.5 Å². The highest BCUT2D eigenvalue weighted by atomic mass is 16.5. The minimum atomic E-state index is -0.0847. The van der Waals surface area contributed by atoms with Crippen molar-refractivity contribution in [1.29, 1.82) is 0 Å². The molecule has 0 bridgehead atoms. The Morgan fingerprint density at radius 3 is 2.14 bits per heavy atom. The summed E-state index contributed by atoms with van der Waals surface area (Å²) in [4.78, 5) is 10.9. The predicted octanol–water partition coefficient (Wildman–Crippen LogP) is 5.75. The molecule has 0 radical (unpaired) electrons. The fourth-order valence-corrected chi connectivity index (χ4v) is 2.04. The van der Waals surface area contributed by atoms with Gasteiger partial charge in [0.05, 0.1) is 7.11 Å². The van der Waals surface area contributed by atoms with E-state index in [0.717, 1.165) is 19.3 Å². The van der Waals surface area contributed by atoms with Gasteiger partial charge in [0.25, 0.3) is 0 Å². The second-order valence-electron chi connectivity index (χ2n) is 5.24. The zero-order chi connectivity index (χ0) is 15.6. The second-order valence-corrected chi connectivity index (χ2v) is 5.24. The van der Waals surface area contributed by atoms with Crippen LogP contribution in [0.2, 0.25) is 0 Å². The second kappa shape index (κ2) is 16.7. The van der Waals surface area contributed by atoms with Crippen molar-refractivity contribution >= 4 is 5.97 Å². The molecule has 0 unspecified atom stereocenters. The zero-order valence-corrected chi connectivity index (χ0v) is 13.9. The number of carbonyl (C=O) groups excluding carboxylic acids is 1. The normalized spacial score (nSPS) is 11.9. The molecule has 0 aliphatic heterocycles. The number of unbranched alkanes of at least 4 members (excludes halogenated alkanes) is 7. The Morgan fingerprint density at radius 2 is 1.43 bits per heavy atom. The van der Waals surface area contributed by atoms with E-state index in [1.165, 1.54) is 45.6 Å². The number of hydrogen-bond donors (Lipinski definition) is 0. The van der Waals surface area contributed by atoms with Gasteiger partial charge in [-0.1, -0.05) is 55.7 Å². The van der Waals surface area contributed by atoms with Crippen molar-refractivity contribution in [2.75, 3.05) is 7.11 Å². The Kier molecular flexibility index (Phi) is 15.7. The van der Waals surface area contributed by atoms with Gasteiger partial charge >= 0.3 is 5.97 Å². The molecule has 2 heteroatoms. The van der Waals surface area contributed by atoms with Crippen LogP contribution in [0.5, 0.6) is 0 Å². The summed E-state index contributed by atoms with van der Waals surface area (Å²) in [5.41, 5.74) is 0. The molecule has 0 aromatic heterocycles. The van der Waals surface area contributed by atoms with E-state index in [2.05, 4.69) is 35.1 Å². The monoisotopic (exact) mass is 292 g/mol. The number of esters is 1. The number of carbonyl (C=O) groups is 1. The number of ether oxygens (including phenoxy) is 1. The molecule has 0 aromatic rings. The maximum absolute atomic E-state index is 10.9. The summed E-state index contributed by atoms with van der Waals surface area (Å²) in [6.07, 6.45) is 24.2. The average Bonchev–Trinajstić information content (AvgIpc) is 2.50. The van der Waals surface area contributed by atoms with Crippen molar-refractivity contribution in [2.24, 2.45) is 0 Å². The van der Waals surface area contributed by atoms with Gasteiger partial charge in [0, 0.05) is 6.42 Å². The van der Waals surface area contributed by atoms with Gasteiger partial charge in [0.1, 0.15) is 0 Å². The third-order valence-corrected chi connectivity index (χ3v) is 3.33. The lowest BCUT2D eigenvalue weighted by atomic mass is 10.1. The lowest BCUT2D eigenvalue weighted by Crippen LogP contribution is -1.98. The maximum Gasteiger partial charge on any atom is 0.305 e. The summed E-state index contributed by atoms with van der Waals surface area (Å²) < 4.78 is 4.61. The third kappa shape index (κ3) is 16.6. The van der Waals surface area contributed by atoms with Crippen LogP contribution >= 0.6 is 0 Å². The van der Waals surface area contributed by atoms with Crippen molar-refractivity contribution in [3.8, 4) is 0 Å². The average molecular weight is 292 g/mol. The highest BCUT2D eigenvalue weighted by Crippen LogP contribution is 2.08. The summed E-state index contributed by atoms with van der Waals surface area (Å²) in [5.74, 6) is -0.0847. The number of hydrogen-bond acceptors (Lipinski definition) is 2. The van der Waals surface area contributed by atoms with Crippen LogP contribution in [0, 0.1) is 0 Å². The van der Waals surface area contributed by atoms with E-state index < -0.39 is 0 Å². The third-order valence-electron chi connectivity index (χ3n) is 3.33. The highest BCUT2D eigenvalue weighted by Gasteiger charge is 1.98. The minimum absolute atomic E-state index is 0.0847. The van der Waals surface area contributed by atoms with Gasteiger partial charge in [-0.05, 0) is 45.4 Å². The van der Waals surface area contributed by atoms with Crippen LogP contribution in [0.4, 0.5) is 0 Å². The first-order valence-corrected chi connectivity index (χ1v) is 8.31. The Morgan fingerprint density at radius 1 is 0.810 bits per heavy atom. The van der Waals surface area contributed by atoms with Gasteiger partial charge in [0.2, 0.25) is 0 Å². The first-order valence-electron chi connectivity index (χ1n) is 8.31. The lowest BCUT2D eigenvalue weighted by Gasteiger charge is -2.00. The summed E-state index contributed by atoms with van der Waals surface area (Å²) in [6, 6.07) is 0. The van der Waals surface area contributed by atoms with Gasteiger partial charge in [-0.25, -0.2) is 0 Å². The number of rotatable bonds is 13. The van der Waals surface area contributed by atoms with E-state index in [4.69, 9.17) is 0 Å². The van der Waals surface area contributed by atoms with Crippen molar-refractivity contribution < 1.29 is 9.53 Å². The Labute approximate surface area is 131 Å². The standard InChI is InChI=1S/C19H32O2/c1-3-4-5-6-7-8-9-10-11-12-13-14-15-16-17-18-19(20)21-2/h3-6,10-11H,7-9,12-18H2,1-2H3/b4-3+,6-5+,11-10-. The molecule has 0 amide bonds. The number of allylic oxidation sites excluding steroid dienone is 6. The molecule has 0 rings (SSSR count). The van der Waals surface area contributed by atoms with Gasteiger partial charge in [-0.2, -0.15) is 0 Å². The molecular weight excluding hydrogens is 260 g/mol. The fourth-order valence-electron chi connectivity index (χ4n) is 2.04. The molecule has 0 spiro atoms. The molecule has 0 N–H and O–H groups in total. The topological polar surface area (TPSA) is 26.3 Å². The molecule has 0 aromatic carbocycles. The van der Waals surface area contributed by atoms with Gasteiger partial charge in [-0.15, -0.1) is 0 Å². The first kappa shape index (κ1) is 19.7. The molecular formula is C19H32O2. The van der Waals surface area contributed by atoms with E-state index in [0.29, 0.717) is 6.42 Å². The molecule has 21 heavy (non-hydrogen) atoms. The highest BCUT2D eigenvalue weighted by molar-refractivity contribution is 5.68. The van der Waals surface area contributed by atoms with Gasteiger partial charge in [-0.3, -0.25) is 4.79 Å². The zero-order valence-electron chi connectivity index (χ0n) is 13.9. The maximum atomic E-state index is 10.9. The van der Waals surface area contributed by atoms with E-state index in [9.17, 15) is 4.79 Å². The van der Waals surface area contributed by atoms with Crippen LogP contribution in [-0.2, 0) is 9.53 Å². The van der Waals surface area contributed by atoms with E-state index in [1.807, 2.05) is 13.0 Å². The molecule has 0 fully saturated rings. The first-order chi connectivity index (χ1) is 10.3. The fraction of sp³-hybridized carbons (Fsp3) is 0.632. The molecule has 0 heterocycles. The minimum Gasteiger partial charge on any atom is -0.469 e. The van der Waals surface area contributed by atoms with Crippen LogP contribution < -0.4 is 0 Å². The Balaban J connectivity index is 3.20. The van der Waals surface area contributed by atoms with Crippen LogP contribution in [0.1, 0.15) is 71.1 Å². The lowest BCUT2D eigenvalue weighted by molar-refractivity contribution is -0.140. The largest absolute Gasteiger partial charge is 0.469 e. The molecule has 0 atom stereocenters. The summed E-state index contributed by atoms with van der Waals surface area (Å²) in [5, 5.41) is 0. The van der Waals surface area contributed by atoms with Gasteiger partial charge < -0.3 is 4.74 Å². The molecule has 0 aliphatic rings. The molecule has 0 saturated carbocycles. The Bertz CT molecular complexity index is 314. The van der Waals surface area contributed by atoms with Crippen LogP contribution in [0.25, 0.3) is 0 Å². The smallest absolute Gasteiger partial charge is 0.305 e. The SMILES string of the molecule is C/C=C/C=C/CCC/C=C\CCCCCCCC(=O)OC. The van der Waals surface area contributed by atoms with Crippen molar-refractivity contribution in [1.82, 2.24) is 0 Å². The predicted molar refractivity (Wildman–Crippen MR) is 91.3 cm³/mol. The van der Waals surface area contributed by atoms with E-state index in [-0.39, 0.29) is 5.97 Å².